The average molecular weight is 329 g/mol. The van der Waals surface area contributed by atoms with Crippen LogP contribution in [0.2, 0.25) is 0 Å². The third-order valence-electron chi connectivity index (χ3n) is 5.52. The van der Waals surface area contributed by atoms with Crippen molar-refractivity contribution in [1.29, 1.82) is 0 Å². The SMILES string of the molecule is Cc1cccc(CN2CCN([C@H](C)C(=O)NC3CCCC3)CC2)c1. The summed E-state index contributed by atoms with van der Waals surface area (Å²) >= 11 is 0. The summed E-state index contributed by atoms with van der Waals surface area (Å²) in [6.07, 6.45) is 4.83. The molecule has 1 aliphatic carbocycles. The zero-order valence-electron chi connectivity index (χ0n) is 15.1. The van der Waals surface area contributed by atoms with Crippen LogP contribution < -0.4 is 5.32 Å². The molecular formula is C20H31N3O. The van der Waals surface area contributed by atoms with Gasteiger partial charge in [0.25, 0.3) is 0 Å². The number of hydrogen-bond donors (Lipinski definition) is 1. The van der Waals surface area contributed by atoms with Gasteiger partial charge in [0, 0.05) is 38.8 Å². The Bertz CT molecular complexity index is 546. The molecule has 132 valence electrons. The molecule has 2 fully saturated rings. The molecule has 4 nitrogen and oxygen atoms in total. The number of nitrogens with zero attached hydrogens (tertiary/aromatic N) is 2. The van der Waals surface area contributed by atoms with Crippen molar-refractivity contribution in [2.45, 2.75) is 58.2 Å². The molecule has 1 atom stereocenters. The predicted octanol–water partition coefficient (Wildman–Crippen LogP) is 2.56. The van der Waals surface area contributed by atoms with E-state index in [1.165, 1.54) is 24.0 Å². The van der Waals surface area contributed by atoms with Crippen molar-refractivity contribution in [3.05, 3.63) is 35.4 Å². The summed E-state index contributed by atoms with van der Waals surface area (Å²) in [6.45, 7) is 9.24. The Hall–Kier alpha value is -1.39. The largest absolute Gasteiger partial charge is 0.352 e. The Morgan fingerprint density at radius 2 is 1.92 bits per heavy atom. The Morgan fingerprint density at radius 1 is 1.21 bits per heavy atom. The molecule has 0 bridgehead atoms. The van der Waals surface area contributed by atoms with E-state index in [2.05, 4.69) is 53.2 Å². The van der Waals surface area contributed by atoms with Gasteiger partial charge in [0.2, 0.25) is 5.91 Å². The van der Waals surface area contributed by atoms with Crippen molar-refractivity contribution in [3.63, 3.8) is 0 Å². The molecule has 1 aliphatic heterocycles. The zero-order valence-corrected chi connectivity index (χ0v) is 15.1. The number of carbonyl (C=O) groups excluding carboxylic acids is 1. The number of amides is 1. The third-order valence-corrected chi connectivity index (χ3v) is 5.52. The lowest BCUT2D eigenvalue weighted by Crippen LogP contribution is -2.54. The summed E-state index contributed by atoms with van der Waals surface area (Å²) in [7, 11) is 0. The Labute approximate surface area is 146 Å². The van der Waals surface area contributed by atoms with Crippen LogP contribution in [-0.2, 0) is 11.3 Å². The van der Waals surface area contributed by atoms with E-state index < -0.39 is 0 Å². The zero-order chi connectivity index (χ0) is 16.9. The fourth-order valence-corrected chi connectivity index (χ4v) is 3.94. The number of piperazine rings is 1. The topological polar surface area (TPSA) is 35.6 Å². The molecule has 1 heterocycles. The molecule has 0 spiro atoms. The molecule has 0 unspecified atom stereocenters. The molecule has 1 aromatic rings. The number of benzene rings is 1. The maximum Gasteiger partial charge on any atom is 0.237 e. The van der Waals surface area contributed by atoms with E-state index in [1.807, 2.05) is 0 Å². The molecule has 3 rings (SSSR count). The average Bonchev–Trinajstić information content (AvgIpc) is 3.08. The van der Waals surface area contributed by atoms with Crippen LogP contribution in [0.15, 0.2) is 24.3 Å². The van der Waals surface area contributed by atoms with Crippen LogP contribution in [0.4, 0.5) is 0 Å². The molecule has 4 heteroatoms. The van der Waals surface area contributed by atoms with Gasteiger partial charge < -0.3 is 5.32 Å². The van der Waals surface area contributed by atoms with E-state index in [0.717, 1.165) is 45.6 Å². The standard InChI is InChI=1S/C20H31N3O/c1-16-6-5-7-18(14-16)15-22-10-12-23(13-11-22)17(2)20(24)21-19-8-3-4-9-19/h5-7,14,17,19H,3-4,8-13,15H2,1-2H3,(H,21,24)/t17-/m1/s1. The van der Waals surface area contributed by atoms with Crippen LogP contribution in [0, 0.1) is 6.92 Å². The number of rotatable bonds is 5. The molecular weight excluding hydrogens is 298 g/mol. The van der Waals surface area contributed by atoms with Gasteiger partial charge in [-0.25, -0.2) is 0 Å². The molecule has 2 aliphatic rings. The number of nitrogens with one attached hydrogen (secondary N) is 1. The highest BCUT2D eigenvalue weighted by molar-refractivity contribution is 5.81. The summed E-state index contributed by atoms with van der Waals surface area (Å²) in [4.78, 5) is 17.3. The van der Waals surface area contributed by atoms with Gasteiger partial charge in [0.1, 0.15) is 0 Å². The van der Waals surface area contributed by atoms with E-state index in [1.54, 1.807) is 0 Å². The summed E-state index contributed by atoms with van der Waals surface area (Å²) in [6, 6.07) is 9.16. The molecule has 1 saturated heterocycles. The van der Waals surface area contributed by atoms with Gasteiger partial charge in [-0.1, -0.05) is 42.7 Å². The lowest BCUT2D eigenvalue weighted by molar-refractivity contribution is -0.127. The second-order valence-electron chi connectivity index (χ2n) is 7.47. The number of hydrogen-bond acceptors (Lipinski definition) is 3. The van der Waals surface area contributed by atoms with Crippen molar-refractivity contribution < 1.29 is 4.79 Å². The van der Waals surface area contributed by atoms with E-state index in [9.17, 15) is 4.79 Å². The lowest BCUT2D eigenvalue weighted by atomic mass is 10.1. The van der Waals surface area contributed by atoms with Crippen molar-refractivity contribution in [1.82, 2.24) is 15.1 Å². The third kappa shape index (κ3) is 4.58. The second kappa shape index (κ2) is 8.13. The van der Waals surface area contributed by atoms with Crippen LogP contribution in [0.1, 0.15) is 43.7 Å². The van der Waals surface area contributed by atoms with Gasteiger partial charge in [-0.2, -0.15) is 0 Å². The van der Waals surface area contributed by atoms with Crippen molar-refractivity contribution in [2.24, 2.45) is 0 Å². The predicted molar refractivity (Wildman–Crippen MR) is 97.9 cm³/mol. The van der Waals surface area contributed by atoms with Gasteiger partial charge in [-0.05, 0) is 32.3 Å². The smallest absolute Gasteiger partial charge is 0.237 e. The summed E-state index contributed by atoms with van der Waals surface area (Å²) < 4.78 is 0. The quantitative estimate of drug-likeness (QED) is 0.902. The molecule has 1 aromatic carbocycles. The summed E-state index contributed by atoms with van der Waals surface area (Å²) in [5.41, 5.74) is 2.71. The van der Waals surface area contributed by atoms with Crippen LogP contribution >= 0.6 is 0 Å². The molecule has 1 N–H and O–H groups in total. The minimum absolute atomic E-state index is 0.00767. The van der Waals surface area contributed by atoms with E-state index in [0.29, 0.717) is 6.04 Å². The first kappa shape index (κ1) is 17.4. The first-order valence-electron chi connectivity index (χ1n) is 9.44. The fourth-order valence-electron chi connectivity index (χ4n) is 3.94. The highest BCUT2D eigenvalue weighted by Crippen LogP contribution is 2.18. The van der Waals surface area contributed by atoms with Crippen LogP contribution in [-0.4, -0.2) is 54.0 Å². The van der Waals surface area contributed by atoms with Gasteiger partial charge in [0.05, 0.1) is 6.04 Å². The molecule has 24 heavy (non-hydrogen) atoms. The Kier molecular flexibility index (Phi) is 5.90. The van der Waals surface area contributed by atoms with Crippen molar-refractivity contribution in [2.75, 3.05) is 26.2 Å². The monoisotopic (exact) mass is 329 g/mol. The van der Waals surface area contributed by atoms with Crippen LogP contribution in [0.25, 0.3) is 0 Å². The number of carbonyl (C=O) groups is 1. The second-order valence-corrected chi connectivity index (χ2v) is 7.47. The fraction of sp³-hybridized carbons (Fsp3) is 0.650. The number of aryl methyl sites for hydroxylation is 1. The van der Waals surface area contributed by atoms with Crippen molar-refractivity contribution >= 4 is 5.91 Å². The van der Waals surface area contributed by atoms with Crippen molar-refractivity contribution in [3.8, 4) is 0 Å². The van der Waals surface area contributed by atoms with E-state index in [4.69, 9.17) is 0 Å². The van der Waals surface area contributed by atoms with Gasteiger partial charge in [0.15, 0.2) is 0 Å². The van der Waals surface area contributed by atoms with Gasteiger partial charge in [-0.3, -0.25) is 14.6 Å². The first-order chi connectivity index (χ1) is 11.6. The maximum atomic E-state index is 12.4. The molecule has 1 saturated carbocycles. The van der Waals surface area contributed by atoms with Gasteiger partial charge >= 0.3 is 0 Å². The lowest BCUT2D eigenvalue weighted by Gasteiger charge is -2.37. The normalized spacial score (nSPS) is 21.8. The molecule has 0 radical (unpaired) electrons. The van der Waals surface area contributed by atoms with Crippen LogP contribution in [0.5, 0.6) is 0 Å². The highest BCUT2D eigenvalue weighted by atomic mass is 16.2. The molecule has 1 amide bonds. The highest BCUT2D eigenvalue weighted by Gasteiger charge is 2.27. The summed E-state index contributed by atoms with van der Waals surface area (Å²) in [5, 5.41) is 3.24. The Balaban J connectivity index is 1.44. The minimum atomic E-state index is -0.00767. The van der Waals surface area contributed by atoms with Crippen LogP contribution in [0.3, 0.4) is 0 Å². The molecule has 0 aromatic heterocycles. The first-order valence-corrected chi connectivity index (χ1v) is 9.44. The van der Waals surface area contributed by atoms with Gasteiger partial charge in [-0.15, -0.1) is 0 Å². The maximum absolute atomic E-state index is 12.4. The van der Waals surface area contributed by atoms with E-state index >= 15 is 0 Å². The minimum Gasteiger partial charge on any atom is -0.352 e. The Morgan fingerprint density at radius 3 is 2.58 bits per heavy atom. The van der Waals surface area contributed by atoms with E-state index in [-0.39, 0.29) is 11.9 Å². The summed E-state index contributed by atoms with van der Waals surface area (Å²) in [5.74, 6) is 0.217.